The molecule has 1 unspecified atom stereocenters. The summed E-state index contributed by atoms with van der Waals surface area (Å²) in [4.78, 5) is 10.5. The number of ether oxygens (including phenoxy) is 1. The molecule has 2 rings (SSSR count). The van der Waals surface area contributed by atoms with Crippen LogP contribution in [0.1, 0.15) is 5.82 Å². The first-order chi connectivity index (χ1) is 7.66. The zero-order chi connectivity index (χ0) is 11.5. The van der Waals surface area contributed by atoms with Gasteiger partial charge in [-0.3, -0.25) is 5.41 Å². The lowest BCUT2D eigenvalue weighted by molar-refractivity contribution is 0.0823. The number of rotatable bonds is 2. The fourth-order valence-electron chi connectivity index (χ4n) is 1.67. The molecule has 0 bridgehead atoms. The SMILES string of the molecule is Cc1nccc(N2CCOC(C(=N)N)C2)n1. The molecule has 1 aromatic heterocycles. The first kappa shape index (κ1) is 10.8. The van der Waals surface area contributed by atoms with Crippen LogP contribution < -0.4 is 10.6 Å². The molecule has 1 aliphatic rings. The van der Waals surface area contributed by atoms with Crippen molar-refractivity contribution in [3.63, 3.8) is 0 Å². The molecule has 16 heavy (non-hydrogen) atoms. The van der Waals surface area contributed by atoms with Crippen molar-refractivity contribution in [1.29, 1.82) is 5.41 Å². The van der Waals surface area contributed by atoms with Crippen LogP contribution in [0.15, 0.2) is 12.3 Å². The molecule has 0 saturated carbocycles. The molecule has 2 heterocycles. The average Bonchev–Trinajstić information content (AvgIpc) is 2.29. The molecule has 0 radical (unpaired) electrons. The number of anilines is 1. The van der Waals surface area contributed by atoms with E-state index < -0.39 is 0 Å². The summed E-state index contributed by atoms with van der Waals surface area (Å²) in [6.45, 7) is 3.76. The van der Waals surface area contributed by atoms with Crippen LogP contribution in [0.25, 0.3) is 0 Å². The van der Waals surface area contributed by atoms with Crippen LogP contribution >= 0.6 is 0 Å². The van der Waals surface area contributed by atoms with Crippen LogP contribution in [-0.2, 0) is 4.74 Å². The molecule has 1 aliphatic heterocycles. The van der Waals surface area contributed by atoms with E-state index in [1.165, 1.54) is 0 Å². The van der Waals surface area contributed by atoms with Crippen LogP contribution in [0.3, 0.4) is 0 Å². The van der Waals surface area contributed by atoms with E-state index in [9.17, 15) is 0 Å². The Kier molecular flexibility index (Phi) is 3.00. The van der Waals surface area contributed by atoms with Crippen molar-refractivity contribution in [2.24, 2.45) is 5.73 Å². The second-order valence-electron chi connectivity index (χ2n) is 3.72. The summed E-state index contributed by atoms with van der Waals surface area (Å²) in [5.74, 6) is 1.67. The smallest absolute Gasteiger partial charge is 0.132 e. The molecule has 1 aromatic rings. The van der Waals surface area contributed by atoms with Crippen LogP contribution in [0.5, 0.6) is 0 Å². The third kappa shape index (κ3) is 2.27. The van der Waals surface area contributed by atoms with Gasteiger partial charge in [-0.1, -0.05) is 0 Å². The van der Waals surface area contributed by atoms with Crippen molar-refractivity contribution in [3.8, 4) is 0 Å². The molecule has 0 aromatic carbocycles. The van der Waals surface area contributed by atoms with Gasteiger partial charge in [0, 0.05) is 12.7 Å². The lowest BCUT2D eigenvalue weighted by Crippen LogP contribution is -2.48. The maximum absolute atomic E-state index is 7.38. The third-order valence-electron chi connectivity index (χ3n) is 2.50. The number of nitrogens with one attached hydrogen (secondary N) is 1. The summed E-state index contributed by atoms with van der Waals surface area (Å²) in [7, 11) is 0. The molecule has 86 valence electrons. The number of aryl methyl sites for hydroxylation is 1. The highest BCUT2D eigenvalue weighted by Crippen LogP contribution is 2.14. The topological polar surface area (TPSA) is 88.1 Å². The Hall–Kier alpha value is -1.69. The molecule has 1 atom stereocenters. The second kappa shape index (κ2) is 4.44. The quantitative estimate of drug-likeness (QED) is 0.539. The Morgan fingerprint density at radius 2 is 2.50 bits per heavy atom. The van der Waals surface area contributed by atoms with Gasteiger partial charge in [0.2, 0.25) is 0 Å². The van der Waals surface area contributed by atoms with Gasteiger partial charge in [0.25, 0.3) is 0 Å². The van der Waals surface area contributed by atoms with E-state index in [0.717, 1.165) is 18.2 Å². The summed E-state index contributed by atoms with van der Waals surface area (Å²) in [5.41, 5.74) is 5.44. The maximum atomic E-state index is 7.38. The fourth-order valence-corrected chi connectivity index (χ4v) is 1.67. The van der Waals surface area contributed by atoms with Crippen LogP contribution in [0, 0.1) is 12.3 Å². The first-order valence-electron chi connectivity index (χ1n) is 5.17. The maximum Gasteiger partial charge on any atom is 0.132 e. The van der Waals surface area contributed by atoms with E-state index in [4.69, 9.17) is 15.9 Å². The number of hydrogen-bond donors (Lipinski definition) is 2. The van der Waals surface area contributed by atoms with E-state index in [1.54, 1.807) is 6.20 Å². The van der Waals surface area contributed by atoms with Gasteiger partial charge in [-0.2, -0.15) is 0 Å². The zero-order valence-electron chi connectivity index (χ0n) is 9.18. The Labute approximate surface area is 94.0 Å². The van der Waals surface area contributed by atoms with Crippen molar-refractivity contribution in [1.82, 2.24) is 9.97 Å². The molecule has 1 saturated heterocycles. The Bertz CT molecular complexity index is 395. The van der Waals surface area contributed by atoms with E-state index in [0.29, 0.717) is 13.2 Å². The van der Waals surface area contributed by atoms with E-state index >= 15 is 0 Å². The van der Waals surface area contributed by atoms with E-state index in [-0.39, 0.29) is 11.9 Å². The molecule has 1 fully saturated rings. The number of hydrogen-bond acceptors (Lipinski definition) is 5. The fraction of sp³-hybridized carbons (Fsp3) is 0.500. The van der Waals surface area contributed by atoms with Gasteiger partial charge in [0.15, 0.2) is 0 Å². The van der Waals surface area contributed by atoms with Gasteiger partial charge >= 0.3 is 0 Å². The highest BCUT2D eigenvalue weighted by Gasteiger charge is 2.23. The van der Waals surface area contributed by atoms with Gasteiger partial charge in [-0.25, -0.2) is 9.97 Å². The predicted molar refractivity (Wildman–Crippen MR) is 60.6 cm³/mol. The van der Waals surface area contributed by atoms with E-state index in [1.807, 2.05) is 13.0 Å². The highest BCUT2D eigenvalue weighted by atomic mass is 16.5. The van der Waals surface area contributed by atoms with Crippen LogP contribution in [-0.4, -0.2) is 41.6 Å². The van der Waals surface area contributed by atoms with Gasteiger partial charge in [-0.15, -0.1) is 0 Å². The molecule has 3 N–H and O–H groups in total. The Morgan fingerprint density at radius 1 is 1.69 bits per heavy atom. The molecule has 0 aliphatic carbocycles. The minimum absolute atomic E-state index is 0.0653. The van der Waals surface area contributed by atoms with Crippen molar-refractivity contribution in [2.75, 3.05) is 24.6 Å². The number of nitrogens with two attached hydrogens (primary N) is 1. The zero-order valence-corrected chi connectivity index (χ0v) is 9.18. The second-order valence-corrected chi connectivity index (χ2v) is 3.72. The Balaban J connectivity index is 2.12. The molecule has 6 nitrogen and oxygen atoms in total. The van der Waals surface area contributed by atoms with Gasteiger partial charge in [0.1, 0.15) is 23.6 Å². The predicted octanol–water partition coefficient (Wildman–Crippen LogP) is -0.0738. The minimum Gasteiger partial charge on any atom is -0.385 e. The average molecular weight is 221 g/mol. The monoisotopic (exact) mass is 221 g/mol. The number of nitrogens with zero attached hydrogens (tertiary/aromatic N) is 3. The van der Waals surface area contributed by atoms with Crippen molar-refractivity contribution in [2.45, 2.75) is 13.0 Å². The summed E-state index contributed by atoms with van der Waals surface area (Å²) in [6, 6.07) is 1.86. The number of morpholine rings is 1. The standard InChI is InChI=1S/C10H15N5O/c1-7-13-3-2-9(14-7)15-4-5-16-8(6-15)10(11)12/h2-3,8H,4-6H2,1H3,(H3,11,12). The van der Waals surface area contributed by atoms with Crippen molar-refractivity contribution < 1.29 is 4.74 Å². The lowest BCUT2D eigenvalue weighted by atomic mass is 10.2. The van der Waals surface area contributed by atoms with Gasteiger partial charge < -0.3 is 15.4 Å². The molecule has 0 amide bonds. The largest absolute Gasteiger partial charge is 0.385 e. The summed E-state index contributed by atoms with van der Waals surface area (Å²) in [6.07, 6.45) is 1.40. The summed E-state index contributed by atoms with van der Waals surface area (Å²) in [5, 5.41) is 7.38. The number of aromatic nitrogens is 2. The third-order valence-corrected chi connectivity index (χ3v) is 2.50. The normalized spacial score (nSPS) is 20.8. The Morgan fingerprint density at radius 3 is 3.19 bits per heavy atom. The molecule has 6 heteroatoms. The van der Waals surface area contributed by atoms with Gasteiger partial charge in [0.05, 0.1) is 13.2 Å². The summed E-state index contributed by atoms with van der Waals surface area (Å²) < 4.78 is 5.39. The molecule has 0 spiro atoms. The van der Waals surface area contributed by atoms with E-state index in [2.05, 4.69) is 14.9 Å². The van der Waals surface area contributed by atoms with Crippen molar-refractivity contribution >= 4 is 11.7 Å². The minimum atomic E-state index is -0.330. The summed E-state index contributed by atoms with van der Waals surface area (Å²) >= 11 is 0. The highest BCUT2D eigenvalue weighted by molar-refractivity contribution is 5.82. The van der Waals surface area contributed by atoms with Crippen LogP contribution in [0.4, 0.5) is 5.82 Å². The van der Waals surface area contributed by atoms with Gasteiger partial charge in [-0.05, 0) is 13.0 Å². The number of amidine groups is 1. The molecular weight excluding hydrogens is 206 g/mol. The van der Waals surface area contributed by atoms with Crippen molar-refractivity contribution in [3.05, 3.63) is 18.1 Å². The lowest BCUT2D eigenvalue weighted by Gasteiger charge is -2.33. The first-order valence-corrected chi connectivity index (χ1v) is 5.17. The van der Waals surface area contributed by atoms with Crippen LogP contribution in [0.2, 0.25) is 0 Å². The molecular formula is C10H15N5O.